The summed E-state index contributed by atoms with van der Waals surface area (Å²) in [4.78, 5) is 7.04. The SMILES string of the molecule is CCC(C1CCN(C(CC)N(C)C)NN1C(CC)N(C)C)N(C)C. The van der Waals surface area contributed by atoms with Crippen molar-refractivity contribution in [3.05, 3.63) is 0 Å². The second-order valence-electron chi connectivity index (χ2n) is 7.70. The minimum atomic E-state index is 0.395. The summed E-state index contributed by atoms with van der Waals surface area (Å²) in [5.74, 6) is 0. The van der Waals surface area contributed by atoms with E-state index in [1.807, 2.05) is 0 Å². The molecule has 0 aromatic carbocycles. The van der Waals surface area contributed by atoms with Crippen molar-refractivity contribution >= 4 is 0 Å². The number of nitrogens with one attached hydrogen (secondary N) is 1. The molecular weight excluding hydrogens is 300 g/mol. The summed E-state index contributed by atoms with van der Waals surface area (Å²) >= 11 is 0. The van der Waals surface area contributed by atoms with Crippen LogP contribution in [0.4, 0.5) is 0 Å². The monoisotopic (exact) mass is 342 g/mol. The van der Waals surface area contributed by atoms with Gasteiger partial charge in [-0.3, -0.25) is 9.80 Å². The molecule has 1 saturated heterocycles. The maximum absolute atomic E-state index is 3.79. The largest absolute Gasteiger partial charge is 0.305 e. The van der Waals surface area contributed by atoms with Gasteiger partial charge in [-0.25, -0.2) is 10.0 Å². The molecular formula is C18H42N6. The first-order chi connectivity index (χ1) is 11.3. The Labute approximate surface area is 150 Å². The number of hydrogen-bond acceptors (Lipinski definition) is 6. The Bertz CT molecular complexity index is 346. The highest BCUT2D eigenvalue weighted by atomic mass is 15.8. The fraction of sp³-hybridized carbons (Fsp3) is 1.00. The highest BCUT2D eigenvalue weighted by Gasteiger charge is 2.38. The van der Waals surface area contributed by atoms with Gasteiger partial charge in [-0.15, -0.1) is 0 Å². The molecule has 0 aliphatic carbocycles. The van der Waals surface area contributed by atoms with Crippen molar-refractivity contribution in [1.29, 1.82) is 0 Å². The van der Waals surface area contributed by atoms with Gasteiger partial charge in [-0.1, -0.05) is 20.8 Å². The van der Waals surface area contributed by atoms with Crippen molar-refractivity contribution in [3.63, 3.8) is 0 Å². The Morgan fingerprint density at radius 1 is 0.833 bits per heavy atom. The Morgan fingerprint density at radius 2 is 1.38 bits per heavy atom. The molecule has 6 nitrogen and oxygen atoms in total. The zero-order valence-electron chi connectivity index (χ0n) is 17.6. The molecule has 0 amide bonds. The summed E-state index contributed by atoms with van der Waals surface area (Å²) in [5.41, 5.74) is 3.79. The van der Waals surface area contributed by atoms with Crippen molar-refractivity contribution in [2.45, 2.75) is 70.9 Å². The Hall–Kier alpha value is -0.240. The van der Waals surface area contributed by atoms with E-state index >= 15 is 0 Å². The first kappa shape index (κ1) is 21.8. The zero-order valence-corrected chi connectivity index (χ0v) is 17.6. The van der Waals surface area contributed by atoms with Crippen LogP contribution in [0.3, 0.4) is 0 Å². The molecule has 1 heterocycles. The van der Waals surface area contributed by atoms with Gasteiger partial charge in [0.05, 0.1) is 12.3 Å². The molecule has 1 rings (SSSR count). The van der Waals surface area contributed by atoms with Gasteiger partial charge < -0.3 is 4.90 Å². The lowest BCUT2D eigenvalue weighted by atomic mass is 9.98. The van der Waals surface area contributed by atoms with E-state index in [0.717, 1.165) is 19.4 Å². The van der Waals surface area contributed by atoms with E-state index in [2.05, 4.69) is 93.3 Å². The molecule has 0 aromatic rings. The fourth-order valence-electron chi connectivity index (χ4n) is 4.22. The summed E-state index contributed by atoms with van der Waals surface area (Å²) in [7, 11) is 13.1. The maximum Gasteiger partial charge on any atom is 0.0767 e. The van der Waals surface area contributed by atoms with Crippen LogP contribution in [0.25, 0.3) is 0 Å². The molecule has 24 heavy (non-hydrogen) atoms. The molecule has 1 fully saturated rings. The van der Waals surface area contributed by atoms with E-state index in [1.54, 1.807) is 0 Å². The van der Waals surface area contributed by atoms with Gasteiger partial charge in [0.1, 0.15) is 0 Å². The lowest BCUT2D eigenvalue weighted by Gasteiger charge is -2.52. The van der Waals surface area contributed by atoms with Gasteiger partial charge >= 0.3 is 0 Å². The number of hydrazine groups is 2. The van der Waals surface area contributed by atoms with Crippen molar-refractivity contribution in [1.82, 2.24) is 30.3 Å². The topological polar surface area (TPSA) is 28.2 Å². The lowest BCUT2D eigenvalue weighted by Crippen LogP contribution is -2.71. The van der Waals surface area contributed by atoms with Crippen LogP contribution in [0.1, 0.15) is 46.5 Å². The average Bonchev–Trinajstić information content (AvgIpc) is 2.50. The molecule has 1 N–H and O–H groups in total. The lowest BCUT2D eigenvalue weighted by molar-refractivity contribution is -0.160. The van der Waals surface area contributed by atoms with Gasteiger partial charge in [0.15, 0.2) is 0 Å². The first-order valence-electron chi connectivity index (χ1n) is 9.58. The number of likely N-dealkylation sites (N-methyl/N-ethyl adjacent to an activating group) is 1. The van der Waals surface area contributed by atoms with Crippen LogP contribution in [0.15, 0.2) is 0 Å². The summed E-state index contributed by atoms with van der Waals surface area (Å²) < 4.78 is 0. The Morgan fingerprint density at radius 3 is 1.75 bits per heavy atom. The summed E-state index contributed by atoms with van der Waals surface area (Å²) in [6.45, 7) is 7.94. The number of nitrogens with zero attached hydrogens (tertiary/aromatic N) is 5. The van der Waals surface area contributed by atoms with Crippen molar-refractivity contribution in [2.24, 2.45) is 0 Å². The average molecular weight is 343 g/mol. The molecule has 0 aromatic heterocycles. The van der Waals surface area contributed by atoms with Crippen LogP contribution in [0.2, 0.25) is 0 Å². The van der Waals surface area contributed by atoms with E-state index in [1.165, 1.54) is 12.8 Å². The van der Waals surface area contributed by atoms with E-state index in [0.29, 0.717) is 24.4 Å². The van der Waals surface area contributed by atoms with Gasteiger partial charge in [-0.2, -0.15) is 5.53 Å². The molecule has 144 valence electrons. The van der Waals surface area contributed by atoms with Crippen LogP contribution < -0.4 is 5.53 Å². The minimum Gasteiger partial charge on any atom is -0.305 e. The quantitative estimate of drug-likeness (QED) is 0.686. The standard InChI is InChI=1S/C18H42N6/c1-10-15(20(4)5)16-13-14-23(17(11-2)21(6)7)19-24(16)18(12-3)22(8)9/h15-19H,10-14H2,1-9H3. The molecule has 4 unspecified atom stereocenters. The van der Waals surface area contributed by atoms with Gasteiger partial charge in [-0.05, 0) is 68.0 Å². The summed E-state index contributed by atoms with van der Waals surface area (Å²) in [6.07, 6.45) is 5.40. The van der Waals surface area contributed by atoms with E-state index in [9.17, 15) is 0 Å². The molecule has 0 saturated carbocycles. The highest BCUT2D eigenvalue weighted by Crippen LogP contribution is 2.24. The molecule has 1 aliphatic heterocycles. The zero-order chi connectivity index (χ0) is 18.4. The van der Waals surface area contributed by atoms with Gasteiger partial charge in [0.25, 0.3) is 0 Å². The van der Waals surface area contributed by atoms with Crippen LogP contribution in [0, 0.1) is 0 Å². The summed E-state index contributed by atoms with van der Waals surface area (Å²) in [5, 5.41) is 4.94. The predicted molar refractivity (Wildman–Crippen MR) is 103 cm³/mol. The second kappa shape index (κ2) is 10.0. The minimum absolute atomic E-state index is 0.395. The normalized spacial score (nSPS) is 24.8. The van der Waals surface area contributed by atoms with Crippen molar-refractivity contribution in [3.8, 4) is 0 Å². The third-order valence-electron chi connectivity index (χ3n) is 5.40. The van der Waals surface area contributed by atoms with E-state index in [4.69, 9.17) is 0 Å². The predicted octanol–water partition coefficient (Wildman–Crippen LogP) is 1.72. The van der Waals surface area contributed by atoms with Crippen molar-refractivity contribution < 1.29 is 0 Å². The van der Waals surface area contributed by atoms with Crippen LogP contribution in [-0.4, -0.2) is 98.0 Å². The first-order valence-corrected chi connectivity index (χ1v) is 9.58. The van der Waals surface area contributed by atoms with Crippen LogP contribution in [-0.2, 0) is 0 Å². The number of rotatable bonds is 9. The smallest absolute Gasteiger partial charge is 0.0767 e. The Kier molecular flexibility index (Phi) is 9.12. The molecule has 4 atom stereocenters. The molecule has 1 aliphatic rings. The highest BCUT2D eigenvalue weighted by molar-refractivity contribution is 4.88. The molecule has 0 spiro atoms. The van der Waals surface area contributed by atoms with Crippen molar-refractivity contribution in [2.75, 3.05) is 48.8 Å². The van der Waals surface area contributed by atoms with Gasteiger partial charge in [0.2, 0.25) is 0 Å². The van der Waals surface area contributed by atoms with Crippen LogP contribution in [0.5, 0.6) is 0 Å². The third-order valence-corrected chi connectivity index (χ3v) is 5.40. The molecule has 0 radical (unpaired) electrons. The maximum atomic E-state index is 3.79. The Balaban J connectivity index is 3.06. The van der Waals surface area contributed by atoms with E-state index < -0.39 is 0 Å². The molecule has 6 heteroatoms. The number of hydrogen-bond donors (Lipinski definition) is 1. The third kappa shape index (κ3) is 5.13. The molecule has 0 bridgehead atoms. The fourth-order valence-corrected chi connectivity index (χ4v) is 4.22. The van der Waals surface area contributed by atoms with E-state index in [-0.39, 0.29) is 0 Å². The summed E-state index contributed by atoms with van der Waals surface area (Å²) in [6, 6.07) is 1.08. The second-order valence-corrected chi connectivity index (χ2v) is 7.70. The van der Waals surface area contributed by atoms with Crippen LogP contribution >= 0.6 is 0 Å². The van der Waals surface area contributed by atoms with Gasteiger partial charge in [0, 0.05) is 18.6 Å².